The largest absolute Gasteiger partial charge is 0.324 e. The van der Waals surface area contributed by atoms with Gasteiger partial charge in [-0.25, -0.2) is 0 Å². The van der Waals surface area contributed by atoms with Crippen molar-refractivity contribution >= 4 is 17.3 Å². The average molecular weight is 242 g/mol. The third-order valence-electron chi connectivity index (χ3n) is 2.59. The number of para-hydroxylation sites is 1. The van der Waals surface area contributed by atoms with Gasteiger partial charge in [0.2, 0.25) is 0 Å². The molecule has 0 bridgehead atoms. The Morgan fingerprint density at radius 2 is 2.00 bits per heavy atom. The second-order valence-corrected chi connectivity index (χ2v) is 3.77. The van der Waals surface area contributed by atoms with Crippen LogP contribution in [0.3, 0.4) is 0 Å². The third kappa shape index (κ3) is 2.46. The molecule has 0 fully saturated rings. The van der Waals surface area contributed by atoms with Gasteiger partial charge in [-0.05, 0) is 24.3 Å². The number of hydrogen-bond acceptors (Lipinski definition) is 4. The van der Waals surface area contributed by atoms with Gasteiger partial charge in [0.15, 0.2) is 0 Å². The number of anilines is 2. The molecule has 2 aromatic rings. The van der Waals surface area contributed by atoms with Crippen molar-refractivity contribution in [3.8, 4) is 0 Å². The lowest BCUT2D eigenvalue weighted by molar-refractivity contribution is 0.0988. The molecule has 0 spiro atoms. The lowest BCUT2D eigenvalue weighted by Gasteiger charge is -2.16. The van der Waals surface area contributed by atoms with E-state index >= 15 is 0 Å². The van der Waals surface area contributed by atoms with Crippen LogP contribution in [0.15, 0.2) is 48.7 Å². The molecular weight excluding hydrogens is 228 g/mol. The van der Waals surface area contributed by atoms with E-state index in [1.165, 1.54) is 0 Å². The first-order valence-corrected chi connectivity index (χ1v) is 5.48. The van der Waals surface area contributed by atoms with Gasteiger partial charge in [-0.2, -0.15) is 0 Å². The maximum absolute atomic E-state index is 12.2. The van der Waals surface area contributed by atoms with Gasteiger partial charge < -0.3 is 10.3 Å². The summed E-state index contributed by atoms with van der Waals surface area (Å²) in [6, 6.07) is 12.7. The summed E-state index contributed by atoms with van der Waals surface area (Å²) in [7, 11) is 1.71. The topological polar surface area (TPSA) is 71.2 Å². The van der Waals surface area contributed by atoms with Crippen LogP contribution in [0.25, 0.3) is 0 Å². The zero-order valence-corrected chi connectivity index (χ0v) is 10.00. The fraction of sp³-hybridized carbons (Fsp3) is 0.0769. The Morgan fingerprint density at radius 1 is 1.28 bits per heavy atom. The first kappa shape index (κ1) is 12.1. The highest BCUT2D eigenvalue weighted by Gasteiger charge is 2.14. The molecule has 0 aliphatic heterocycles. The maximum atomic E-state index is 12.2. The summed E-state index contributed by atoms with van der Waals surface area (Å²) < 4.78 is 0. The van der Waals surface area contributed by atoms with Crippen LogP contribution in [-0.4, -0.2) is 17.9 Å². The van der Waals surface area contributed by atoms with Crippen molar-refractivity contribution in [1.82, 2.24) is 4.98 Å². The highest BCUT2D eigenvalue weighted by Crippen LogP contribution is 2.15. The summed E-state index contributed by atoms with van der Waals surface area (Å²) in [5.41, 5.74) is 4.30. The number of nitrogens with two attached hydrogens (primary N) is 1. The Morgan fingerprint density at radius 3 is 2.67 bits per heavy atom. The number of nitrogen functional groups attached to an aromatic ring is 1. The molecule has 0 aliphatic carbocycles. The summed E-state index contributed by atoms with van der Waals surface area (Å²) in [5, 5.41) is 0. The van der Waals surface area contributed by atoms with Gasteiger partial charge in [0, 0.05) is 18.9 Å². The Hall–Kier alpha value is -2.40. The fourth-order valence-electron chi connectivity index (χ4n) is 1.58. The van der Waals surface area contributed by atoms with E-state index < -0.39 is 0 Å². The number of pyridine rings is 1. The van der Waals surface area contributed by atoms with E-state index in [1.807, 2.05) is 30.3 Å². The lowest BCUT2D eigenvalue weighted by atomic mass is 10.2. The molecule has 1 amide bonds. The molecule has 1 aromatic carbocycles. The van der Waals surface area contributed by atoms with Crippen LogP contribution in [0.2, 0.25) is 0 Å². The van der Waals surface area contributed by atoms with Crippen LogP contribution < -0.4 is 16.2 Å². The Labute approximate surface area is 105 Å². The summed E-state index contributed by atoms with van der Waals surface area (Å²) in [6.07, 6.45) is 1.54. The van der Waals surface area contributed by atoms with Crippen molar-refractivity contribution in [2.75, 3.05) is 17.4 Å². The SMILES string of the molecule is CN(C(=O)c1cc(NN)ccn1)c1ccccc1. The zero-order chi connectivity index (χ0) is 13.0. The molecule has 0 radical (unpaired) electrons. The zero-order valence-electron chi connectivity index (χ0n) is 10.00. The molecular formula is C13H14N4O. The fourth-order valence-corrected chi connectivity index (χ4v) is 1.58. The van der Waals surface area contributed by atoms with E-state index in [2.05, 4.69) is 10.4 Å². The molecule has 0 saturated heterocycles. The minimum Gasteiger partial charge on any atom is -0.324 e. The van der Waals surface area contributed by atoms with Gasteiger partial charge in [0.25, 0.3) is 5.91 Å². The van der Waals surface area contributed by atoms with E-state index in [-0.39, 0.29) is 5.91 Å². The molecule has 0 unspecified atom stereocenters. The van der Waals surface area contributed by atoms with Crippen LogP contribution in [-0.2, 0) is 0 Å². The minimum atomic E-state index is -0.182. The number of nitrogens with one attached hydrogen (secondary N) is 1. The van der Waals surface area contributed by atoms with Crippen LogP contribution in [0.1, 0.15) is 10.5 Å². The molecule has 3 N–H and O–H groups in total. The number of hydrazine groups is 1. The summed E-state index contributed by atoms with van der Waals surface area (Å²) in [6.45, 7) is 0. The molecule has 0 aliphatic rings. The number of carbonyl (C=O) groups excluding carboxylic acids is 1. The number of benzene rings is 1. The molecule has 0 atom stereocenters. The minimum absolute atomic E-state index is 0.182. The maximum Gasteiger partial charge on any atom is 0.276 e. The number of aromatic nitrogens is 1. The predicted octanol–water partition coefficient (Wildman–Crippen LogP) is 1.64. The van der Waals surface area contributed by atoms with Crippen molar-refractivity contribution in [2.45, 2.75) is 0 Å². The van der Waals surface area contributed by atoms with E-state index in [1.54, 1.807) is 30.3 Å². The van der Waals surface area contributed by atoms with E-state index in [0.717, 1.165) is 5.69 Å². The number of carbonyl (C=O) groups is 1. The van der Waals surface area contributed by atoms with Gasteiger partial charge in [-0.3, -0.25) is 15.6 Å². The second-order valence-electron chi connectivity index (χ2n) is 3.77. The van der Waals surface area contributed by atoms with Gasteiger partial charge >= 0.3 is 0 Å². The number of amides is 1. The van der Waals surface area contributed by atoms with Crippen LogP contribution >= 0.6 is 0 Å². The van der Waals surface area contributed by atoms with Crippen molar-refractivity contribution in [3.05, 3.63) is 54.4 Å². The van der Waals surface area contributed by atoms with Crippen molar-refractivity contribution in [3.63, 3.8) is 0 Å². The van der Waals surface area contributed by atoms with Gasteiger partial charge in [-0.15, -0.1) is 0 Å². The number of hydrogen-bond donors (Lipinski definition) is 2. The molecule has 5 heteroatoms. The standard InChI is InChI=1S/C13H14N4O/c1-17(11-5-3-2-4-6-11)13(18)12-9-10(16-14)7-8-15-12/h2-9H,14H2,1H3,(H,15,16). The predicted molar refractivity (Wildman–Crippen MR) is 71.2 cm³/mol. The van der Waals surface area contributed by atoms with Gasteiger partial charge in [0.1, 0.15) is 5.69 Å². The highest BCUT2D eigenvalue weighted by molar-refractivity contribution is 6.04. The normalized spacial score (nSPS) is 9.89. The number of nitrogens with zero attached hydrogens (tertiary/aromatic N) is 2. The van der Waals surface area contributed by atoms with E-state index in [0.29, 0.717) is 11.4 Å². The molecule has 5 nitrogen and oxygen atoms in total. The molecule has 2 rings (SSSR count). The highest BCUT2D eigenvalue weighted by atomic mass is 16.2. The molecule has 0 saturated carbocycles. The first-order valence-electron chi connectivity index (χ1n) is 5.48. The van der Waals surface area contributed by atoms with Crippen molar-refractivity contribution in [1.29, 1.82) is 0 Å². The summed E-state index contributed by atoms with van der Waals surface area (Å²) >= 11 is 0. The average Bonchev–Trinajstić information content (AvgIpc) is 2.46. The second kappa shape index (κ2) is 5.29. The van der Waals surface area contributed by atoms with E-state index in [9.17, 15) is 4.79 Å². The van der Waals surface area contributed by atoms with Crippen molar-refractivity contribution in [2.24, 2.45) is 5.84 Å². The Kier molecular flexibility index (Phi) is 3.54. The first-order chi connectivity index (χ1) is 8.72. The quantitative estimate of drug-likeness (QED) is 0.634. The van der Waals surface area contributed by atoms with E-state index in [4.69, 9.17) is 5.84 Å². The van der Waals surface area contributed by atoms with Gasteiger partial charge in [0.05, 0.1) is 5.69 Å². The van der Waals surface area contributed by atoms with Crippen LogP contribution in [0, 0.1) is 0 Å². The summed E-state index contributed by atoms with van der Waals surface area (Å²) in [5.74, 6) is 5.12. The van der Waals surface area contributed by atoms with Crippen LogP contribution in [0.4, 0.5) is 11.4 Å². The van der Waals surface area contributed by atoms with Gasteiger partial charge in [-0.1, -0.05) is 18.2 Å². The third-order valence-corrected chi connectivity index (χ3v) is 2.59. The monoisotopic (exact) mass is 242 g/mol. The molecule has 18 heavy (non-hydrogen) atoms. The lowest BCUT2D eigenvalue weighted by Crippen LogP contribution is -2.27. The molecule has 1 heterocycles. The van der Waals surface area contributed by atoms with Crippen LogP contribution in [0.5, 0.6) is 0 Å². The van der Waals surface area contributed by atoms with Crippen molar-refractivity contribution < 1.29 is 4.79 Å². The summed E-state index contributed by atoms with van der Waals surface area (Å²) in [4.78, 5) is 17.8. The Bertz CT molecular complexity index is 542. The molecule has 92 valence electrons. The molecule has 1 aromatic heterocycles. The smallest absolute Gasteiger partial charge is 0.276 e. The Balaban J connectivity index is 2.25. The number of rotatable bonds is 3.